The minimum atomic E-state index is -4.50. The lowest BCUT2D eigenvalue weighted by atomic mass is 10.0. The lowest BCUT2D eigenvalue weighted by molar-refractivity contribution is -0.137. The molecule has 0 fully saturated rings. The molecule has 0 aliphatic rings. The molecule has 3 aromatic rings. The van der Waals surface area contributed by atoms with Crippen LogP contribution in [-0.2, 0) is 22.7 Å². The fourth-order valence-electron chi connectivity index (χ4n) is 3.50. The number of fused-ring (bicyclic) bond motifs is 1. The molecule has 0 saturated heterocycles. The van der Waals surface area contributed by atoms with E-state index >= 15 is 0 Å². The number of nitrogens with zero attached hydrogens (tertiary/aromatic N) is 2. The zero-order valence-electron chi connectivity index (χ0n) is 16.4. The lowest BCUT2D eigenvalue weighted by Crippen LogP contribution is -2.16. The summed E-state index contributed by atoms with van der Waals surface area (Å²) in [7, 11) is -3.51. The van der Waals surface area contributed by atoms with Gasteiger partial charge >= 0.3 is 6.18 Å². The number of nitriles is 1. The van der Waals surface area contributed by atoms with Crippen LogP contribution in [0.1, 0.15) is 31.4 Å². The van der Waals surface area contributed by atoms with Crippen LogP contribution in [0, 0.1) is 11.3 Å². The highest BCUT2D eigenvalue weighted by molar-refractivity contribution is 7.92. The molecule has 0 bridgehead atoms. The summed E-state index contributed by atoms with van der Waals surface area (Å²) in [6, 6.07) is 11.9. The van der Waals surface area contributed by atoms with Gasteiger partial charge in [0.1, 0.15) is 6.07 Å². The molecule has 158 valence electrons. The average molecular weight is 435 g/mol. The zero-order valence-corrected chi connectivity index (χ0v) is 17.2. The maximum atomic E-state index is 13.2. The number of hydrogen-bond donors (Lipinski definition) is 1. The van der Waals surface area contributed by atoms with Crippen molar-refractivity contribution >= 4 is 26.6 Å². The van der Waals surface area contributed by atoms with Crippen molar-refractivity contribution in [3.8, 4) is 17.3 Å². The minimum Gasteiger partial charge on any atom is -0.340 e. The Morgan fingerprint density at radius 2 is 1.87 bits per heavy atom. The van der Waals surface area contributed by atoms with Gasteiger partial charge < -0.3 is 4.57 Å². The number of rotatable bonds is 6. The number of anilines is 1. The largest absolute Gasteiger partial charge is 0.416 e. The first-order valence-electron chi connectivity index (χ1n) is 9.35. The molecule has 0 spiro atoms. The monoisotopic (exact) mass is 435 g/mol. The van der Waals surface area contributed by atoms with Crippen molar-refractivity contribution in [3.63, 3.8) is 0 Å². The Labute approximate surface area is 172 Å². The van der Waals surface area contributed by atoms with Crippen LogP contribution in [0.5, 0.6) is 0 Å². The lowest BCUT2D eigenvalue weighted by Gasteiger charge is -2.12. The highest BCUT2D eigenvalue weighted by Gasteiger charge is 2.31. The van der Waals surface area contributed by atoms with E-state index in [1.165, 1.54) is 6.07 Å². The van der Waals surface area contributed by atoms with Crippen molar-refractivity contribution in [2.45, 2.75) is 33.0 Å². The van der Waals surface area contributed by atoms with Gasteiger partial charge in [-0.25, -0.2) is 8.42 Å². The smallest absolute Gasteiger partial charge is 0.340 e. The Morgan fingerprint density at radius 3 is 2.47 bits per heavy atom. The molecule has 0 amide bonds. The molecule has 0 aliphatic heterocycles. The van der Waals surface area contributed by atoms with Crippen LogP contribution in [0.25, 0.3) is 22.2 Å². The number of aryl methyl sites for hydroxylation is 1. The molecule has 0 atom stereocenters. The van der Waals surface area contributed by atoms with E-state index in [-0.39, 0.29) is 11.3 Å². The average Bonchev–Trinajstić information content (AvgIpc) is 2.99. The molecule has 1 heterocycles. The first-order valence-corrected chi connectivity index (χ1v) is 11.0. The normalized spacial score (nSPS) is 12.1. The molecule has 0 unspecified atom stereocenters. The maximum absolute atomic E-state index is 13.2. The summed E-state index contributed by atoms with van der Waals surface area (Å²) in [5.41, 5.74) is 1.07. The highest BCUT2D eigenvalue weighted by Crippen LogP contribution is 2.38. The molecule has 1 aromatic heterocycles. The third-order valence-corrected chi connectivity index (χ3v) is 6.19. The van der Waals surface area contributed by atoms with E-state index in [2.05, 4.69) is 10.8 Å². The predicted octanol–water partition coefficient (Wildman–Crippen LogP) is 5.37. The number of sulfonamides is 1. The Morgan fingerprint density at radius 1 is 1.13 bits per heavy atom. The Bertz CT molecular complexity index is 1240. The third kappa shape index (κ3) is 4.14. The molecule has 0 aliphatic carbocycles. The summed E-state index contributed by atoms with van der Waals surface area (Å²) in [5.74, 6) is -0.0316. The topological polar surface area (TPSA) is 74.9 Å². The first-order chi connectivity index (χ1) is 14.1. The molecule has 9 heteroatoms. The molecule has 3 rings (SSSR count). The van der Waals surface area contributed by atoms with E-state index in [0.717, 1.165) is 12.1 Å². The summed E-state index contributed by atoms with van der Waals surface area (Å²) in [6.45, 7) is 3.86. The van der Waals surface area contributed by atoms with Gasteiger partial charge in [0.15, 0.2) is 0 Å². The SMILES string of the molecule is CCCS(=O)(=O)Nc1cccc(-c2c(C#N)c3ccc(C(F)(F)F)cc3n2CC)c1. The summed E-state index contributed by atoms with van der Waals surface area (Å²) < 4.78 is 67.9. The van der Waals surface area contributed by atoms with Crippen molar-refractivity contribution in [2.24, 2.45) is 0 Å². The standard InChI is InChI=1S/C21H20F3N3O2S/c1-3-10-30(28,29)26-16-7-5-6-14(11-16)20-18(13-25)17-9-8-15(21(22,23)24)12-19(17)27(20)4-2/h5-9,11-12,26H,3-4,10H2,1-2H3. The fourth-order valence-corrected chi connectivity index (χ4v) is 4.62. The third-order valence-electron chi connectivity index (χ3n) is 4.70. The predicted molar refractivity (Wildman–Crippen MR) is 110 cm³/mol. The van der Waals surface area contributed by atoms with Crippen molar-refractivity contribution in [1.82, 2.24) is 4.57 Å². The molecular weight excluding hydrogens is 415 g/mol. The summed E-state index contributed by atoms with van der Waals surface area (Å²) in [4.78, 5) is 0. The molecule has 30 heavy (non-hydrogen) atoms. The van der Waals surface area contributed by atoms with Crippen LogP contribution >= 0.6 is 0 Å². The van der Waals surface area contributed by atoms with Gasteiger partial charge in [0, 0.05) is 23.2 Å². The zero-order chi connectivity index (χ0) is 22.1. The van der Waals surface area contributed by atoms with Gasteiger partial charge in [-0.2, -0.15) is 18.4 Å². The maximum Gasteiger partial charge on any atom is 0.416 e. The van der Waals surface area contributed by atoms with Gasteiger partial charge in [0.25, 0.3) is 0 Å². The number of nitrogens with one attached hydrogen (secondary N) is 1. The van der Waals surface area contributed by atoms with Gasteiger partial charge in [-0.05, 0) is 37.6 Å². The van der Waals surface area contributed by atoms with Crippen LogP contribution in [-0.4, -0.2) is 18.7 Å². The number of benzene rings is 2. The van der Waals surface area contributed by atoms with Crippen LogP contribution in [0.3, 0.4) is 0 Å². The molecule has 2 aromatic carbocycles. The molecule has 0 saturated carbocycles. The van der Waals surface area contributed by atoms with E-state index in [1.54, 1.807) is 42.7 Å². The minimum absolute atomic E-state index is 0.0316. The van der Waals surface area contributed by atoms with E-state index in [0.29, 0.717) is 40.8 Å². The Hall–Kier alpha value is -2.99. The number of alkyl halides is 3. The molecule has 5 nitrogen and oxygen atoms in total. The quantitative estimate of drug-likeness (QED) is 0.566. The van der Waals surface area contributed by atoms with Crippen LogP contribution in [0.2, 0.25) is 0 Å². The van der Waals surface area contributed by atoms with Gasteiger partial charge in [0.2, 0.25) is 10.0 Å². The van der Waals surface area contributed by atoms with E-state index in [9.17, 15) is 26.9 Å². The second-order valence-electron chi connectivity index (χ2n) is 6.81. The van der Waals surface area contributed by atoms with Crippen LogP contribution < -0.4 is 4.72 Å². The van der Waals surface area contributed by atoms with Gasteiger partial charge in [-0.3, -0.25) is 4.72 Å². The van der Waals surface area contributed by atoms with Crippen LogP contribution in [0.4, 0.5) is 18.9 Å². The summed E-state index contributed by atoms with van der Waals surface area (Å²) in [6.07, 6.45) is -4.04. The van der Waals surface area contributed by atoms with Gasteiger partial charge in [0.05, 0.1) is 28.1 Å². The van der Waals surface area contributed by atoms with Crippen LogP contribution in [0.15, 0.2) is 42.5 Å². The number of halogens is 3. The van der Waals surface area contributed by atoms with Crippen molar-refractivity contribution in [3.05, 3.63) is 53.6 Å². The van der Waals surface area contributed by atoms with Gasteiger partial charge in [-0.1, -0.05) is 25.1 Å². The van der Waals surface area contributed by atoms with Crippen molar-refractivity contribution in [1.29, 1.82) is 5.26 Å². The Kier molecular flexibility index (Phi) is 5.81. The van der Waals surface area contributed by atoms with E-state index in [1.807, 2.05) is 0 Å². The first kappa shape index (κ1) is 21.7. The molecular formula is C21H20F3N3O2S. The number of aromatic nitrogens is 1. The van der Waals surface area contributed by atoms with Gasteiger partial charge in [-0.15, -0.1) is 0 Å². The summed E-state index contributed by atoms with van der Waals surface area (Å²) >= 11 is 0. The van der Waals surface area contributed by atoms with Crippen molar-refractivity contribution in [2.75, 3.05) is 10.5 Å². The molecule has 0 radical (unpaired) electrons. The fraction of sp³-hybridized carbons (Fsp3) is 0.286. The number of hydrogen-bond acceptors (Lipinski definition) is 3. The Balaban J connectivity index is 2.21. The highest BCUT2D eigenvalue weighted by atomic mass is 32.2. The van der Waals surface area contributed by atoms with E-state index in [4.69, 9.17) is 0 Å². The second kappa shape index (κ2) is 8.03. The summed E-state index contributed by atoms with van der Waals surface area (Å²) in [5, 5.41) is 10.2. The van der Waals surface area contributed by atoms with E-state index < -0.39 is 21.8 Å². The van der Waals surface area contributed by atoms with Crippen molar-refractivity contribution < 1.29 is 21.6 Å². The molecule has 1 N–H and O–H groups in total. The second-order valence-corrected chi connectivity index (χ2v) is 8.65.